The van der Waals surface area contributed by atoms with Gasteiger partial charge in [0.2, 0.25) is 0 Å². The van der Waals surface area contributed by atoms with Gasteiger partial charge in [-0.3, -0.25) is 9.69 Å². The Hall–Kier alpha value is -1.29. The lowest BCUT2D eigenvalue weighted by atomic mass is 10.0. The van der Waals surface area contributed by atoms with Crippen LogP contribution in [-0.2, 0) is 16.1 Å². The molecule has 0 bridgehead atoms. The van der Waals surface area contributed by atoms with Gasteiger partial charge in [-0.2, -0.15) is 0 Å². The molecule has 17 heavy (non-hydrogen) atoms. The van der Waals surface area contributed by atoms with Crippen molar-refractivity contribution < 1.29 is 13.9 Å². The average Bonchev–Trinajstić information content (AvgIpc) is 2.74. The number of hydrogen-bond acceptors (Lipinski definition) is 4. The number of carbonyl (C=O) groups excluding carboxylic acids is 1. The summed E-state index contributed by atoms with van der Waals surface area (Å²) in [6, 6.07) is 3.81. The van der Waals surface area contributed by atoms with Crippen LogP contribution < -0.4 is 0 Å². The second-order valence-corrected chi connectivity index (χ2v) is 4.52. The minimum absolute atomic E-state index is 0.112. The predicted octanol–water partition coefficient (Wildman–Crippen LogP) is 2.12. The highest BCUT2D eigenvalue weighted by Gasteiger charge is 2.29. The molecular formula is C13H19NO3. The third-order valence-electron chi connectivity index (χ3n) is 3.24. The third kappa shape index (κ3) is 2.88. The van der Waals surface area contributed by atoms with Crippen LogP contribution in [0.4, 0.5) is 0 Å². The van der Waals surface area contributed by atoms with Crippen LogP contribution in [0.25, 0.3) is 0 Å². The lowest BCUT2D eigenvalue weighted by molar-refractivity contribution is -0.148. The van der Waals surface area contributed by atoms with E-state index in [0.717, 1.165) is 37.3 Å². The van der Waals surface area contributed by atoms with Crippen LogP contribution >= 0.6 is 0 Å². The summed E-state index contributed by atoms with van der Waals surface area (Å²) in [5.41, 5.74) is 0. The van der Waals surface area contributed by atoms with Gasteiger partial charge in [0.15, 0.2) is 0 Å². The quantitative estimate of drug-likeness (QED) is 0.755. The molecular weight excluding hydrogens is 218 g/mol. The van der Waals surface area contributed by atoms with Gasteiger partial charge >= 0.3 is 5.97 Å². The van der Waals surface area contributed by atoms with E-state index < -0.39 is 0 Å². The number of likely N-dealkylation sites (tertiary alicyclic amines) is 1. The predicted molar refractivity (Wildman–Crippen MR) is 63.5 cm³/mol. The molecule has 0 spiro atoms. The summed E-state index contributed by atoms with van der Waals surface area (Å²) in [5.74, 6) is 1.69. The van der Waals surface area contributed by atoms with E-state index in [-0.39, 0.29) is 12.0 Å². The van der Waals surface area contributed by atoms with Crippen molar-refractivity contribution in [2.75, 3.05) is 13.7 Å². The van der Waals surface area contributed by atoms with Gasteiger partial charge in [-0.15, -0.1) is 0 Å². The van der Waals surface area contributed by atoms with Gasteiger partial charge in [-0.25, -0.2) is 0 Å². The lowest BCUT2D eigenvalue weighted by Crippen LogP contribution is -2.44. The fourth-order valence-corrected chi connectivity index (χ4v) is 2.35. The van der Waals surface area contributed by atoms with E-state index in [9.17, 15) is 4.79 Å². The summed E-state index contributed by atoms with van der Waals surface area (Å²) in [6.45, 7) is 3.55. The lowest BCUT2D eigenvalue weighted by Gasteiger charge is -2.32. The Kier molecular flexibility index (Phi) is 3.84. The number of hydrogen-bond donors (Lipinski definition) is 0. The highest BCUT2D eigenvalue weighted by atomic mass is 16.5. The van der Waals surface area contributed by atoms with Crippen molar-refractivity contribution in [3.05, 3.63) is 23.7 Å². The molecule has 1 aromatic heterocycles. The van der Waals surface area contributed by atoms with E-state index in [1.807, 2.05) is 19.1 Å². The normalized spacial score (nSPS) is 21.4. The number of nitrogens with zero attached hydrogens (tertiary/aromatic N) is 1. The number of rotatable bonds is 3. The monoisotopic (exact) mass is 237 g/mol. The van der Waals surface area contributed by atoms with Crippen molar-refractivity contribution in [3.8, 4) is 0 Å². The van der Waals surface area contributed by atoms with Crippen molar-refractivity contribution in [2.24, 2.45) is 0 Å². The van der Waals surface area contributed by atoms with Crippen molar-refractivity contribution >= 4 is 5.97 Å². The minimum atomic E-state index is -0.132. The number of esters is 1. The van der Waals surface area contributed by atoms with Crippen molar-refractivity contribution in [2.45, 2.75) is 38.8 Å². The van der Waals surface area contributed by atoms with E-state index >= 15 is 0 Å². The van der Waals surface area contributed by atoms with E-state index in [1.54, 1.807) is 0 Å². The molecule has 4 heteroatoms. The molecule has 1 atom stereocenters. The van der Waals surface area contributed by atoms with Crippen molar-refractivity contribution in [3.63, 3.8) is 0 Å². The number of carbonyl (C=O) groups is 1. The largest absolute Gasteiger partial charge is 0.468 e. The highest BCUT2D eigenvalue weighted by molar-refractivity contribution is 5.75. The topological polar surface area (TPSA) is 42.7 Å². The first kappa shape index (κ1) is 12.2. The van der Waals surface area contributed by atoms with E-state index in [2.05, 4.69) is 4.90 Å². The molecule has 1 aromatic rings. The van der Waals surface area contributed by atoms with Gasteiger partial charge in [-0.05, 0) is 38.4 Å². The van der Waals surface area contributed by atoms with E-state index in [0.29, 0.717) is 6.54 Å². The van der Waals surface area contributed by atoms with E-state index in [1.165, 1.54) is 7.11 Å². The van der Waals surface area contributed by atoms with Crippen LogP contribution in [0.3, 0.4) is 0 Å². The van der Waals surface area contributed by atoms with Gasteiger partial charge in [0.1, 0.15) is 17.6 Å². The molecule has 1 aliphatic heterocycles. The molecule has 0 amide bonds. The SMILES string of the molecule is COC(=O)C1CCCCN1Cc1ccc(C)o1. The zero-order valence-corrected chi connectivity index (χ0v) is 10.4. The Balaban J connectivity index is 2.03. The van der Waals surface area contributed by atoms with Crippen molar-refractivity contribution in [1.82, 2.24) is 4.90 Å². The molecule has 2 heterocycles. The first-order chi connectivity index (χ1) is 8.20. The number of furan rings is 1. The Bertz CT molecular complexity index is 386. The van der Waals surface area contributed by atoms with Crippen LogP contribution in [0, 0.1) is 6.92 Å². The van der Waals surface area contributed by atoms with Gasteiger partial charge in [0.05, 0.1) is 13.7 Å². The minimum Gasteiger partial charge on any atom is -0.468 e. The van der Waals surface area contributed by atoms with Crippen LogP contribution in [0.15, 0.2) is 16.5 Å². The summed E-state index contributed by atoms with van der Waals surface area (Å²) in [6.07, 6.45) is 3.10. The van der Waals surface area contributed by atoms with Gasteiger partial charge < -0.3 is 9.15 Å². The van der Waals surface area contributed by atoms with Gasteiger partial charge in [-0.1, -0.05) is 6.42 Å². The highest BCUT2D eigenvalue weighted by Crippen LogP contribution is 2.21. The average molecular weight is 237 g/mol. The molecule has 0 aromatic carbocycles. The summed E-state index contributed by atoms with van der Waals surface area (Å²) in [7, 11) is 1.45. The van der Waals surface area contributed by atoms with Crippen LogP contribution in [-0.4, -0.2) is 30.6 Å². The van der Waals surface area contributed by atoms with Crippen molar-refractivity contribution in [1.29, 1.82) is 0 Å². The second-order valence-electron chi connectivity index (χ2n) is 4.52. The molecule has 0 N–H and O–H groups in total. The second kappa shape index (κ2) is 5.36. The maximum atomic E-state index is 11.7. The summed E-state index contributed by atoms with van der Waals surface area (Å²) < 4.78 is 10.4. The smallest absolute Gasteiger partial charge is 0.323 e. The zero-order chi connectivity index (χ0) is 12.3. The standard InChI is InChI=1S/C13H19NO3/c1-10-6-7-11(17-10)9-14-8-4-3-5-12(14)13(15)16-2/h6-7,12H,3-5,8-9H2,1-2H3. The molecule has 0 radical (unpaired) electrons. The number of ether oxygens (including phenoxy) is 1. The number of piperidine rings is 1. The maximum Gasteiger partial charge on any atom is 0.323 e. The Morgan fingerprint density at radius 2 is 2.35 bits per heavy atom. The Labute approximate surface area is 102 Å². The Morgan fingerprint density at radius 1 is 1.53 bits per heavy atom. The van der Waals surface area contributed by atoms with Gasteiger partial charge in [0.25, 0.3) is 0 Å². The molecule has 1 fully saturated rings. The molecule has 1 aliphatic rings. The van der Waals surface area contributed by atoms with Crippen LogP contribution in [0.1, 0.15) is 30.8 Å². The Morgan fingerprint density at radius 3 is 3.00 bits per heavy atom. The number of methoxy groups -OCH3 is 1. The first-order valence-electron chi connectivity index (χ1n) is 6.08. The third-order valence-corrected chi connectivity index (χ3v) is 3.24. The first-order valence-corrected chi connectivity index (χ1v) is 6.08. The zero-order valence-electron chi connectivity index (χ0n) is 10.4. The molecule has 2 rings (SSSR count). The molecule has 1 unspecified atom stereocenters. The van der Waals surface area contributed by atoms with Crippen LogP contribution in [0.5, 0.6) is 0 Å². The van der Waals surface area contributed by atoms with E-state index in [4.69, 9.17) is 9.15 Å². The molecule has 94 valence electrons. The maximum absolute atomic E-state index is 11.7. The molecule has 0 saturated carbocycles. The van der Waals surface area contributed by atoms with Crippen LogP contribution in [0.2, 0.25) is 0 Å². The summed E-state index contributed by atoms with van der Waals surface area (Å²) in [5, 5.41) is 0. The molecule has 0 aliphatic carbocycles. The summed E-state index contributed by atoms with van der Waals surface area (Å²) >= 11 is 0. The number of aryl methyl sites for hydroxylation is 1. The van der Waals surface area contributed by atoms with Gasteiger partial charge in [0, 0.05) is 0 Å². The summed E-state index contributed by atoms with van der Waals surface area (Å²) in [4.78, 5) is 13.8. The fourth-order valence-electron chi connectivity index (χ4n) is 2.35. The molecule has 1 saturated heterocycles. The fraction of sp³-hybridized carbons (Fsp3) is 0.615. The molecule has 4 nitrogen and oxygen atoms in total.